The molecule has 3 amide bonds. The molecule has 10 nitrogen and oxygen atoms in total. The van der Waals surface area contributed by atoms with Gasteiger partial charge in [-0.1, -0.05) is 18.2 Å². The number of nitrogens with one attached hydrogen (secondary N) is 3. The van der Waals surface area contributed by atoms with Crippen molar-refractivity contribution in [2.75, 3.05) is 30.3 Å². The molecule has 0 saturated heterocycles. The number of fused-ring (bicyclic) bond motifs is 1. The van der Waals surface area contributed by atoms with Gasteiger partial charge in [0, 0.05) is 38.3 Å². The first-order valence-electron chi connectivity index (χ1n) is 10.6. The average molecular weight is 445 g/mol. The van der Waals surface area contributed by atoms with Gasteiger partial charge in [0.1, 0.15) is 23.8 Å². The van der Waals surface area contributed by atoms with E-state index >= 15 is 0 Å². The molecule has 0 spiro atoms. The molecule has 2 aromatic heterocycles. The van der Waals surface area contributed by atoms with Crippen LogP contribution < -0.4 is 16.0 Å². The number of hydrogen-bond acceptors (Lipinski definition) is 8. The van der Waals surface area contributed by atoms with E-state index in [9.17, 15) is 14.4 Å². The van der Waals surface area contributed by atoms with Crippen molar-refractivity contribution in [1.29, 1.82) is 0 Å². The normalized spacial score (nSPS) is 12.4. The number of anilines is 3. The molecule has 10 heteroatoms. The number of aromatic nitrogens is 3. The first-order valence-corrected chi connectivity index (χ1v) is 10.6. The van der Waals surface area contributed by atoms with Gasteiger partial charge in [0.25, 0.3) is 11.8 Å². The third kappa shape index (κ3) is 5.48. The Kier molecular flexibility index (Phi) is 6.84. The maximum absolute atomic E-state index is 12.3. The quantitative estimate of drug-likeness (QED) is 0.320. The Morgan fingerprint density at radius 2 is 1.58 bits per heavy atom. The molecule has 3 N–H and O–H groups in total. The van der Waals surface area contributed by atoms with Crippen LogP contribution in [-0.4, -0.2) is 57.2 Å². The zero-order valence-electron chi connectivity index (χ0n) is 17.8. The standard InChI is InChI=1S/C23H23N7O3/c31-21(9-5-13-30-22(32)16-6-1-2-7-17(16)23(30)33)26-12-11-25-19-14-20(28-15-27-19)29-18-8-3-4-10-24-18/h1-4,6-8,10,14-15H,5,9,11-13H2,(H,26,31)(H2,24,25,27,28,29). The number of carbonyl (C=O) groups excluding carboxylic acids is 3. The third-order valence-electron chi connectivity index (χ3n) is 5.01. The van der Waals surface area contributed by atoms with Gasteiger partial charge >= 0.3 is 0 Å². The van der Waals surface area contributed by atoms with Gasteiger partial charge in [-0.2, -0.15) is 0 Å². The molecule has 0 radical (unpaired) electrons. The molecule has 1 aliphatic heterocycles. The molecule has 0 unspecified atom stereocenters. The smallest absolute Gasteiger partial charge is 0.261 e. The maximum Gasteiger partial charge on any atom is 0.261 e. The fourth-order valence-corrected chi connectivity index (χ4v) is 3.41. The Hall–Kier alpha value is -4.34. The van der Waals surface area contributed by atoms with Crippen molar-refractivity contribution in [3.8, 4) is 0 Å². The van der Waals surface area contributed by atoms with Gasteiger partial charge in [-0.05, 0) is 30.7 Å². The second-order valence-electron chi connectivity index (χ2n) is 7.32. The van der Waals surface area contributed by atoms with Gasteiger partial charge in [-0.25, -0.2) is 15.0 Å². The van der Waals surface area contributed by atoms with Crippen LogP contribution in [0.2, 0.25) is 0 Å². The van der Waals surface area contributed by atoms with Crippen molar-refractivity contribution in [3.05, 3.63) is 72.2 Å². The van der Waals surface area contributed by atoms with Crippen molar-refractivity contribution in [2.24, 2.45) is 0 Å². The summed E-state index contributed by atoms with van der Waals surface area (Å²) in [4.78, 5) is 50.5. The highest BCUT2D eigenvalue weighted by Crippen LogP contribution is 2.22. The SMILES string of the molecule is O=C(CCCN1C(=O)c2ccccc2C1=O)NCCNc1cc(Nc2ccccn2)ncn1. The largest absolute Gasteiger partial charge is 0.368 e. The van der Waals surface area contributed by atoms with Crippen LogP contribution in [0.3, 0.4) is 0 Å². The lowest BCUT2D eigenvalue weighted by Gasteiger charge is -2.13. The van der Waals surface area contributed by atoms with E-state index in [-0.39, 0.29) is 30.7 Å². The zero-order chi connectivity index (χ0) is 23.0. The predicted octanol–water partition coefficient (Wildman–Crippen LogP) is 2.22. The summed E-state index contributed by atoms with van der Waals surface area (Å²) in [5.41, 5.74) is 0.835. The molecule has 0 bridgehead atoms. The topological polar surface area (TPSA) is 129 Å². The second-order valence-corrected chi connectivity index (χ2v) is 7.32. The molecule has 168 valence electrons. The van der Waals surface area contributed by atoms with E-state index in [0.29, 0.717) is 48.1 Å². The molecule has 1 aliphatic rings. The summed E-state index contributed by atoms with van der Waals surface area (Å²) in [6.07, 6.45) is 3.74. The third-order valence-corrected chi connectivity index (χ3v) is 5.01. The van der Waals surface area contributed by atoms with Crippen molar-refractivity contribution in [2.45, 2.75) is 12.8 Å². The summed E-state index contributed by atoms with van der Waals surface area (Å²) in [6, 6.07) is 14.0. The van der Waals surface area contributed by atoms with E-state index in [1.807, 2.05) is 18.2 Å². The lowest BCUT2D eigenvalue weighted by atomic mass is 10.1. The first-order chi connectivity index (χ1) is 16.1. The predicted molar refractivity (Wildman–Crippen MR) is 122 cm³/mol. The molecular formula is C23H23N7O3. The highest BCUT2D eigenvalue weighted by atomic mass is 16.2. The van der Waals surface area contributed by atoms with Crippen LogP contribution in [0.4, 0.5) is 17.5 Å². The summed E-state index contributed by atoms with van der Waals surface area (Å²) in [5, 5.41) is 9.03. The van der Waals surface area contributed by atoms with Crippen molar-refractivity contribution in [1.82, 2.24) is 25.2 Å². The van der Waals surface area contributed by atoms with Gasteiger partial charge < -0.3 is 16.0 Å². The Bertz CT molecular complexity index is 1120. The van der Waals surface area contributed by atoms with Crippen LogP contribution in [0, 0.1) is 0 Å². The van der Waals surface area contributed by atoms with Gasteiger partial charge in [0.05, 0.1) is 11.1 Å². The molecule has 0 fully saturated rings. The minimum Gasteiger partial charge on any atom is -0.368 e. The molecule has 0 aliphatic carbocycles. The van der Waals surface area contributed by atoms with E-state index in [1.165, 1.54) is 11.2 Å². The summed E-state index contributed by atoms with van der Waals surface area (Å²) >= 11 is 0. The van der Waals surface area contributed by atoms with Crippen molar-refractivity contribution >= 4 is 35.2 Å². The van der Waals surface area contributed by atoms with Crippen LogP contribution >= 0.6 is 0 Å². The molecule has 4 rings (SSSR count). The lowest BCUT2D eigenvalue weighted by Crippen LogP contribution is -2.33. The molecule has 1 aromatic carbocycles. The Balaban J connectivity index is 1.15. The molecule has 33 heavy (non-hydrogen) atoms. The van der Waals surface area contributed by atoms with Gasteiger partial charge in [-0.15, -0.1) is 0 Å². The van der Waals surface area contributed by atoms with Crippen LogP contribution in [0.5, 0.6) is 0 Å². The van der Waals surface area contributed by atoms with Gasteiger partial charge in [-0.3, -0.25) is 19.3 Å². The molecule has 3 heterocycles. The van der Waals surface area contributed by atoms with Crippen molar-refractivity contribution < 1.29 is 14.4 Å². The molecular weight excluding hydrogens is 422 g/mol. The maximum atomic E-state index is 12.3. The number of carbonyl (C=O) groups is 3. The zero-order valence-corrected chi connectivity index (χ0v) is 17.8. The highest BCUT2D eigenvalue weighted by molar-refractivity contribution is 6.21. The van der Waals surface area contributed by atoms with E-state index < -0.39 is 0 Å². The van der Waals surface area contributed by atoms with Gasteiger partial charge in [0.15, 0.2) is 0 Å². The number of rotatable bonds is 10. The minimum absolute atomic E-state index is 0.145. The number of benzene rings is 1. The van der Waals surface area contributed by atoms with Crippen LogP contribution in [-0.2, 0) is 4.79 Å². The number of pyridine rings is 1. The summed E-state index contributed by atoms with van der Waals surface area (Å²) in [6.45, 7) is 1.09. The average Bonchev–Trinajstić information content (AvgIpc) is 3.08. The number of amides is 3. The lowest BCUT2D eigenvalue weighted by molar-refractivity contribution is -0.121. The fourth-order valence-electron chi connectivity index (χ4n) is 3.41. The summed E-state index contributed by atoms with van der Waals surface area (Å²) in [7, 11) is 0. The fraction of sp³-hybridized carbons (Fsp3) is 0.217. The number of hydrogen-bond donors (Lipinski definition) is 3. The number of nitrogens with zero attached hydrogens (tertiary/aromatic N) is 4. The van der Waals surface area contributed by atoms with Crippen LogP contribution in [0.15, 0.2) is 61.1 Å². The Labute approximate surface area is 190 Å². The minimum atomic E-state index is -0.304. The summed E-state index contributed by atoms with van der Waals surface area (Å²) < 4.78 is 0. The van der Waals surface area contributed by atoms with Crippen molar-refractivity contribution in [3.63, 3.8) is 0 Å². The number of imide groups is 1. The Morgan fingerprint density at radius 3 is 2.30 bits per heavy atom. The highest BCUT2D eigenvalue weighted by Gasteiger charge is 2.34. The monoisotopic (exact) mass is 445 g/mol. The first kappa shape index (κ1) is 21.9. The van der Waals surface area contributed by atoms with Gasteiger partial charge in [0.2, 0.25) is 5.91 Å². The van der Waals surface area contributed by atoms with Crippen LogP contribution in [0.25, 0.3) is 0 Å². The van der Waals surface area contributed by atoms with Crippen LogP contribution in [0.1, 0.15) is 33.6 Å². The van der Waals surface area contributed by atoms with E-state index in [0.717, 1.165) is 0 Å². The Morgan fingerprint density at radius 1 is 0.848 bits per heavy atom. The molecule has 0 atom stereocenters. The van der Waals surface area contributed by atoms with E-state index in [1.54, 1.807) is 36.5 Å². The summed E-state index contributed by atoms with van der Waals surface area (Å²) in [5.74, 6) is 1.14. The molecule has 3 aromatic rings. The molecule has 0 saturated carbocycles. The second kappa shape index (κ2) is 10.3. The van der Waals surface area contributed by atoms with E-state index in [4.69, 9.17) is 0 Å². The van der Waals surface area contributed by atoms with E-state index in [2.05, 4.69) is 30.9 Å².